The van der Waals surface area contributed by atoms with Crippen molar-refractivity contribution in [2.45, 2.75) is 45.4 Å². The van der Waals surface area contributed by atoms with Crippen molar-refractivity contribution in [3.63, 3.8) is 0 Å². The van der Waals surface area contributed by atoms with E-state index in [2.05, 4.69) is 11.9 Å². The zero-order valence-corrected chi connectivity index (χ0v) is 12.2. The molecule has 0 spiro atoms. The van der Waals surface area contributed by atoms with Gasteiger partial charge in [-0.1, -0.05) is 62.2 Å². The van der Waals surface area contributed by atoms with E-state index in [1.165, 1.54) is 32.1 Å². The molecule has 102 valence electrons. The van der Waals surface area contributed by atoms with Crippen LogP contribution in [0.2, 0.25) is 10.0 Å². The molecule has 0 saturated carbocycles. The van der Waals surface area contributed by atoms with Gasteiger partial charge in [0.05, 0.1) is 11.6 Å². The van der Waals surface area contributed by atoms with E-state index in [0.717, 1.165) is 6.42 Å². The summed E-state index contributed by atoms with van der Waals surface area (Å²) in [6.07, 6.45) is 7.29. The molecule has 0 radical (unpaired) electrons. The summed E-state index contributed by atoms with van der Waals surface area (Å²) in [5.74, 6) is 0.617. The molecule has 0 amide bonds. The smallest absolute Gasteiger partial charge is 0.234 e. The van der Waals surface area contributed by atoms with Gasteiger partial charge in [-0.25, -0.2) is 0 Å². The molecule has 1 rings (SSSR count). The summed E-state index contributed by atoms with van der Waals surface area (Å²) >= 11 is 11.7. The second-order valence-electron chi connectivity index (χ2n) is 4.26. The van der Waals surface area contributed by atoms with Crippen molar-refractivity contribution in [1.82, 2.24) is 4.98 Å². The van der Waals surface area contributed by atoms with Gasteiger partial charge in [0.25, 0.3) is 0 Å². The Labute approximate surface area is 119 Å². The number of unbranched alkanes of at least 4 members (excludes halogenated alkanes) is 5. The number of aromatic nitrogens is 1. The van der Waals surface area contributed by atoms with Crippen molar-refractivity contribution in [1.29, 1.82) is 0 Å². The number of pyridine rings is 1. The third-order valence-corrected chi connectivity index (χ3v) is 3.23. The van der Waals surface area contributed by atoms with Gasteiger partial charge in [-0.05, 0) is 12.5 Å². The molecule has 0 aliphatic heterocycles. The van der Waals surface area contributed by atoms with Gasteiger partial charge in [-0.2, -0.15) is 4.98 Å². The summed E-state index contributed by atoms with van der Waals surface area (Å²) < 4.78 is 5.50. The normalized spacial score (nSPS) is 10.6. The van der Waals surface area contributed by atoms with E-state index >= 15 is 0 Å². The highest BCUT2D eigenvalue weighted by atomic mass is 35.5. The summed E-state index contributed by atoms with van der Waals surface area (Å²) in [5.41, 5.74) is 5.59. The fraction of sp³-hybridized carbons (Fsp3) is 0.615. The first kappa shape index (κ1) is 15.4. The van der Waals surface area contributed by atoms with Gasteiger partial charge in [0.2, 0.25) is 5.88 Å². The van der Waals surface area contributed by atoms with Crippen molar-refractivity contribution < 1.29 is 4.74 Å². The minimum atomic E-state index is 0.249. The van der Waals surface area contributed by atoms with Crippen molar-refractivity contribution in [3.05, 3.63) is 16.1 Å². The molecule has 18 heavy (non-hydrogen) atoms. The third-order valence-electron chi connectivity index (χ3n) is 2.66. The molecule has 0 atom stereocenters. The van der Waals surface area contributed by atoms with Crippen molar-refractivity contribution in [3.8, 4) is 5.88 Å². The fourth-order valence-corrected chi connectivity index (χ4v) is 2.03. The average Bonchev–Trinajstić information content (AvgIpc) is 2.34. The number of hydrogen-bond donors (Lipinski definition) is 1. The molecular weight excluding hydrogens is 271 g/mol. The lowest BCUT2D eigenvalue weighted by Gasteiger charge is -2.08. The van der Waals surface area contributed by atoms with Crippen LogP contribution < -0.4 is 10.5 Å². The van der Waals surface area contributed by atoms with E-state index in [1.807, 2.05) is 0 Å². The molecule has 0 saturated heterocycles. The van der Waals surface area contributed by atoms with Crippen LogP contribution in [0.1, 0.15) is 45.4 Å². The van der Waals surface area contributed by atoms with E-state index < -0.39 is 0 Å². The summed E-state index contributed by atoms with van der Waals surface area (Å²) in [4.78, 5) is 4.01. The van der Waals surface area contributed by atoms with E-state index in [-0.39, 0.29) is 5.82 Å². The molecule has 0 aliphatic rings. The third kappa shape index (κ3) is 5.32. The molecular formula is C13H20Cl2N2O. The zero-order valence-electron chi connectivity index (χ0n) is 10.7. The molecule has 0 bridgehead atoms. The first-order valence-corrected chi connectivity index (χ1v) is 7.15. The van der Waals surface area contributed by atoms with Gasteiger partial charge in [-0.15, -0.1) is 0 Å². The molecule has 1 aromatic heterocycles. The summed E-state index contributed by atoms with van der Waals surface area (Å²) in [6, 6.07) is 1.56. The van der Waals surface area contributed by atoms with Crippen molar-refractivity contribution in [2.75, 3.05) is 12.3 Å². The lowest BCUT2D eigenvalue weighted by molar-refractivity contribution is 0.294. The van der Waals surface area contributed by atoms with Crippen LogP contribution in [0.3, 0.4) is 0 Å². The Hall–Kier alpha value is -0.670. The fourth-order valence-electron chi connectivity index (χ4n) is 1.62. The van der Waals surface area contributed by atoms with E-state index in [4.69, 9.17) is 33.7 Å². The standard InChI is InChI=1S/C13H20Cl2N2O/c1-2-3-4-5-6-7-8-18-13-11(15)9-10(14)12(16)17-13/h9H,2-8H2,1H3,(H2,16,17). The predicted molar refractivity (Wildman–Crippen MR) is 77.5 cm³/mol. The second-order valence-corrected chi connectivity index (χ2v) is 5.07. The van der Waals surface area contributed by atoms with Crippen molar-refractivity contribution >= 4 is 29.0 Å². The maximum absolute atomic E-state index is 5.96. The van der Waals surface area contributed by atoms with E-state index in [9.17, 15) is 0 Å². The number of rotatable bonds is 8. The van der Waals surface area contributed by atoms with Gasteiger partial charge >= 0.3 is 0 Å². The molecule has 0 aromatic carbocycles. The average molecular weight is 291 g/mol. The predicted octanol–water partition coefficient (Wildman–Crippen LogP) is 4.71. The maximum atomic E-state index is 5.96. The zero-order chi connectivity index (χ0) is 13.4. The van der Waals surface area contributed by atoms with E-state index in [0.29, 0.717) is 22.5 Å². The van der Waals surface area contributed by atoms with Crippen LogP contribution in [0.5, 0.6) is 5.88 Å². The molecule has 0 fully saturated rings. The molecule has 2 N–H and O–H groups in total. The van der Waals surface area contributed by atoms with Crippen LogP contribution in [-0.2, 0) is 0 Å². The minimum absolute atomic E-state index is 0.249. The topological polar surface area (TPSA) is 48.1 Å². The van der Waals surface area contributed by atoms with Gasteiger partial charge in [0.1, 0.15) is 10.8 Å². The van der Waals surface area contributed by atoms with Gasteiger partial charge in [0, 0.05) is 0 Å². The highest BCUT2D eigenvalue weighted by molar-refractivity contribution is 6.36. The van der Waals surface area contributed by atoms with Gasteiger partial charge in [-0.3, -0.25) is 0 Å². The number of anilines is 1. The second kappa shape index (κ2) is 8.44. The minimum Gasteiger partial charge on any atom is -0.477 e. The van der Waals surface area contributed by atoms with Crippen LogP contribution in [0.15, 0.2) is 6.07 Å². The van der Waals surface area contributed by atoms with Gasteiger partial charge < -0.3 is 10.5 Å². The first-order valence-electron chi connectivity index (χ1n) is 6.39. The lowest BCUT2D eigenvalue weighted by Crippen LogP contribution is -2.02. The molecule has 1 aromatic rings. The quantitative estimate of drug-likeness (QED) is 0.705. The molecule has 3 nitrogen and oxygen atoms in total. The Morgan fingerprint density at radius 3 is 2.50 bits per heavy atom. The maximum Gasteiger partial charge on any atom is 0.234 e. The van der Waals surface area contributed by atoms with Crippen LogP contribution >= 0.6 is 23.2 Å². The Morgan fingerprint density at radius 1 is 1.11 bits per heavy atom. The van der Waals surface area contributed by atoms with Crippen LogP contribution in [0.4, 0.5) is 5.82 Å². The summed E-state index contributed by atoms with van der Waals surface area (Å²) in [6.45, 7) is 2.82. The van der Waals surface area contributed by atoms with Crippen LogP contribution in [0, 0.1) is 0 Å². The molecule has 1 heterocycles. The highest BCUT2D eigenvalue weighted by Crippen LogP contribution is 2.29. The van der Waals surface area contributed by atoms with Crippen molar-refractivity contribution in [2.24, 2.45) is 0 Å². The number of ether oxygens (including phenoxy) is 1. The largest absolute Gasteiger partial charge is 0.477 e. The Morgan fingerprint density at radius 2 is 1.78 bits per heavy atom. The van der Waals surface area contributed by atoms with Gasteiger partial charge in [0.15, 0.2) is 0 Å². The number of nitrogens with two attached hydrogens (primary N) is 1. The summed E-state index contributed by atoms with van der Waals surface area (Å²) in [7, 11) is 0. The Kier molecular flexibility index (Phi) is 7.21. The number of halogens is 2. The Balaban J connectivity index is 2.25. The Bertz CT molecular complexity index is 372. The highest BCUT2D eigenvalue weighted by Gasteiger charge is 2.07. The lowest BCUT2D eigenvalue weighted by atomic mass is 10.1. The first-order chi connectivity index (χ1) is 8.65. The SMILES string of the molecule is CCCCCCCCOc1nc(N)c(Cl)cc1Cl. The molecule has 0 aliphatic carbocycles. The molecule has 5 heteroatoms. The summed E-state index contributed by atoms with van der Waals surface area (Å²) in [5, 5.41) is 0.757. The molecule has 0 unspecified atom stereocenters. The number of nitrogen functional groups attached to an aromatic ring is 1. The van der Waals surface area contributed by atoms with E-state index in [1.54, 1.807) is 6.07 Å². The van der Waals surface area contributed by atoms with Crippen LogP contribution in [-0.4, -0.2) is 11.6 Å². The monoisotopic (exact) mass is 290 g/mol. The van der Waals surface area contributed by atoms with Crippen LogP contribution in [0.25, 0.3) is 0 Å². The number of nitrogens with zero attached hydrogens (tertiary/aromatic N) is 1. The number of hydrogen-bond acceptors (Lipinski definition) is 3.